The molecule has 0 radical (unpaired) electrons. The third kappa shape index (κ3) is 2.79. The fourth-order valence-electron chi connectivity index (χ4n) is 5.62. The molecule has 1 unspecified atom stereocenters. The van der Waals surface area contributed by atoms with Crippen LogP contribution in [0.15, 0.2) is 30.6 Å². The molecule has 1 aromatic carbocycles. The minimum atomic E-state index is -0.784. The van der Waals surface area contributed by atoms with Crippen molar-refractivity contribution < 1.29 is 9.84 Å². The lowest BCUT2D eigenvalue weighted by atomic mass is 9.65. The van der Waals surface area contributed by atoms with E-state index in [1.807, 2.05) is 24.0 Å². The van der Waals surface area contributed by atoms with E-state index in [1.165, 1.54) is 17.5 Å². The predicted octanol–water partition coefficient (Wildman–Crippen LogP) is 2.86. The predicted molar refractivity (Wildman–Crippen MR) is 103 cm³/mol. The lowest BCUT2D eigenvalue weighted by Gasteiger charge is -2.52. The van der Waals surface area contributed by atoms with Crippen LogP contribution < -0.4 is 4.74 Å². The number of likely N-dealkylation sites (tertiary alicyclic amines) is 1. The van der Waals surface area contributed by atoms with Crippen molar-refractivity contribution in [3.8, 4) is 5.75 Å². The first-order chi connectivity index (χ1) is 13.0. The largest absolute Gasteiger partial charge is 0.490 e. The quantitative estimate of drug-likeness (QED) is 0.906. The van der Waals surface area contributed by atoms with Crippen LogP contribution in [0.2, 0.25) is 0 Å². The average molecular weight is 367 g/mol. The van der Waals surface area contributed by atoms with Gasteiger partial charge in [-0.2, -0.15) is 0 Å². The molecule has 5 heteroatoms. The molecule has 3 heterocycles. The molecule has 1 saturated carbocycles. The number of rotatable bonds is 3. The summed E-state index contributed by atoms with van der Waals surface area (Å²) in [4.78, 5) is 7.06. The molecule has 1 aromatic heterocycles. The summed E-state index contributed by atoms with van der Waals surface area (Å²) >= 11 is 0. The maximum Gasteiger partial charge on any atom is 0.141 e. The van der Waals surface area contributed by atoms with Crippen LogP contribution >= 0.6 is 0 Å². The molecule has 4 atom stereocenters. The fourth-order valence-corrected chi connectivity index (χ4v) is 5.62. The normalized spacial score (nSPS) is 32.9. The number of aliphatic hydroxyl groups is 1. The molecule has 2 aliphatic heterocycles. The maximum atomic E-state index is 11.7. The molecular weight excluding hydrogens is 338 g/mol. The molecule has 144 valence electrons. The molecular formula is C22H29N3O2. The summed E-state index contributed by atoms with van der Waals surface area (Å²) in [6.45, 7) is 4.95. The molecule has 3 aliphatic rings. The molecule has 0 spiro atoms. The Hall–Kier alpha value is -1.85. The second-order valence-electron chi connectivity index (χ2n) is 8.78. The molecule has 27 heavy (non-hydrogen) atoms. The van der Waals surface area contributed by atoms with Gasteiger partial charge in [0.1, 0.15) is 23.3 Å². The van der Waals surface area contributed by atoms with Gasteiger partial charge >= 0.3 is 0 Å². The average Bonchev–Trinajstić information content (AvgIpc) is 3.20. The van der Waals surface area contributed by atoms with Gasteiger partial charge in [0.15, 0.2) is 0 Å². The van der Waals surface area contributed by atoms with Crippen LogP contribution in [0.1, 0.15) is 43.1 Å². The van der Waals surface area contributed by atoms with E-state index in [-0.39, 0.29) is 17.9 Å². The lowest BCUT2D eigenvalue weighted by Crippen LogP contribution is -2.58. The van der Waals surface area contributed by atoms with Gasteiger partial charge in [0.05, 0.1) is 0 Å². The van der Waals surface area contributed by atoms with E-state index < -0.39 is 5.60 Å². The van der Waals surface area contributed by atoms with Crippen LogP contribution in [-0.2, 0) is 25.6 Å². The second kappa shape index (κ2) is 6.35. The molecule has 2 aromatic rings. The molecule has 1 aliphatic carbocycles. The van der Waals surface area contributed by atoms with Gasteiger partial charge in [-0.1, -0.05) is 18.6 Å². The van der Waals surface area contributed by atoms with Gasteiger partial charge < -0.3 is 14.4 Å². The number of fused-ring (bicyclic) bond motifs is 3. The number of ether oxygens (including phenoxy) is 1. The van der Waals surface area contributed by atoms with E-state index in [9.17, 15) is 5.11 Å². The van der Waals surface area contributed by atoms with Crippen molar-refractivity contribution in [1.82, 2.24) is 14.5 Å². The highest BCUT2D eigenvalue weighted by atomic mass is 16.5. The number of hydrogen-bond donors (Lipinski definition) is 1. The topological polar surface area (TPSA) is 50.5 Å². The van der Waals surface area contributed by atoms with E-state index in [2.05, 4.69) is 35.0 Å². The van der Waals surface area contributed by atoms with Gasteiger partial charge in [0.2, 0.25) is 0 Å². The highest BCUT2D eigenvalue weighted by Gasteiger charge is 2.53. The number of aryl methyl sites for hydroxylation is 1. The molecule has 2 fully saturated rings. The Bertz CT molecular complexity index is 832. The third-order valence-electron chi connectivity index (χ3n) is 6.85. The summed E-state index contributed by atoms with van der Waals surface area (Å²) in [6.07, 6.45) is 8.42. The van der Waals surface area contributed by atoms with Gasteiger partial charge in [0, 0.05) is 57.3 Å². The number of piperidine rings is 1. The Kier molecular flexibility index (Phi) is 4.06. The molecule has 5 nitrogen and oxygen atoms in total. The summed E-state index contributed by atoms with van der Waals surface area (Å²) in [5.41, 5.74) is 1.91. The van der Waals surface area contributed by atoms with Gasteiger partial charge in [-0.15, -0.1) is 0 Å². The van der Waals surface area contributed by atoms with Crippen LogP contribution in [0.4, 0.5) is 0 Å². The molecule has 5 rings (SSSR count). The van der Waals surface area contributed by atoms with Crippen molar-refractivity contribution in [3.63, 3.8) is 0 Å². The van der Waals surface area contributed by atoms with Crippen LogP contribution in [0.25, 0.3) is 0 Å². The SMILES string of the molecule is C[C@H]1Cc2cc(CN3C[C@H]4CCC[C@@H](C3)C4(O)c3nccn3C)ccc2O1. The first kappa shape index (κ1) is 17.3. The van der Waals surface area contributed by atoms with Crippen LogP contribution in [0.5, 0.6) is 5.75 Å². The highest BCUT2D eigenvalue weighted by molar-refractivity contribution is 5.40. The van der Waals surface area contributed by atoms with E-state index in [0.717, 1.165) is 50.5 Å². The molecule has 1 N–H and O–H groups in total. The van der Waals surface area contributed by atoms with E-state index in [1.54, 1.807) is 0 Å². The molecule has 2 bridgehead atoms. The first-order valence-electron chi connectivity index (χ1n) is 10.2. The standard InChI is InChI=1S/C22H29N3O2/c1-15-10-17-11-16(6-7-20(17)27-15)12-25-13-18-4-3-5-19(14-25)22(18,26)21-23-8-9-24(21)2/h6-9,11,15,18-19,26H,3-5,10,12-14H2,1-2H3/t15-,18-,19+,22?/m0/s1. The van der Waals surface area contributed by atoms with Gasteiger partial charge in [-0.05, 0) is 37.0 Å². The number of hydrogen-bond acceptors (Lipinski definition) is 4. The van der Waals surface area contributed by atoms with Gasteiger partial charge in [-0.3, -0.25) is 4.90 Å². The fraction of sp³-hybridized carbons (Fsp3) is 0.591. The Morgan fingerprint density at radius 3 is 2.74 bits per heavy atom. The summed E-state index contributed by atoms with van der Waals surface area (Å²) in [5.74, 6) is 2.40. The summed E-state index contributed by atoms with van der Waals surface area (Å²) < 4.78 is 7.84. The number of nitrogens with zero attached hydrogens (tertiary/aromatic N) is 3. The van der Waals surface area contributed by atoms with Gasteiger partial charge in [0.25, 0.3) is 0 Å². The first-order valence-corrected chi connectivity index (χ1v) is 10.2. The minimum absolute atomic E-state index is 0.254. The summed E-state index contributed by atoms with van der Waals surface area (Å²) in [5, 5.41) is 11.7. The third-order valence-corrected chi connectivity index (χ3v) is 6.85. The van der Waals surface area contributed by atoms with Crippen LogP contribution in [-0.4, -0.2) is 38.8 Å². The molecule has 0 amide bonds. The van der Waals surface area contributed by atoms with E-state index >= 15 is 0 Å². The minimum Gasteiger partial charge on any atom is -0.490 e. The highest BCUT2D eigenvalue weighted by Crippen LogP contribution is 2.48. The maximum absolute atomic E-state index is 11.7. The number of benzene rings is 1. The summed E-state index contributed by atoms with van der Waals surface area (Å²) in [7, 11) is 2.00. The van der Waals surface area contributed by atoms with E-state index in [4.69, 9.17) is 4.74 Å². The Balaban J connectivity index is 1.36. The monoisotopic (exact) mass is 367 g/mol. The second-order valence-corrected chi connectivity index (χ2v) is 8.78. The zero-order valence-corrected chi connectivity index (χ0v) is 16.3. The molecule has 1 saturated heterocycles. The lowest BCUT2D eigenvalue weighted by molar-refractivity contribution is -0.155. The van der Waals surface area contributed by atoms with Crippen molar-refractivity contribution in [1.29, 1.82) is 0 Å². The van der Waals surface area contributed by atoms with Crippen LogP contribution in [0.3, 0.4) is 0 Å². The van der Waals surface area contributed by atoms with Crippen molar-refractivity contribution in [2.45, 2.75) is 50.9 Å². The summed E-state index contributed by atoms with van der Waals surface area (Å²) in [6, 6.07) is 6.64. The number of imidazole rings is 1. The van der Waals surface area contributed by atoms with Crippen molar-refractivity contribution in [3.05, 3.63) is 47.5 Å². The van der Waals surface area contributed by atoms with E-state index in [0.29, 0.717) is 0 Å². The smallest absolute Gasteiger partial charge is 0.141 e. The van der Waals surface area contributed by atoms with Crippen molar-refractivity contribution in [2.24, 2.45) is 18.9 Å². The Morgan fingerprint density at radius 1 is 1.26 bits per heavy atom. The Morgan fingerprint density at radius 2 is 2.04 bits per heavy atom. The Labute approximate surface area is 161 Å². The van der Waals surface area contributed by atoms with Crippen molar-refractivity contribution in [2.75, 3.05) is 13.1 Å². The zero-order chi connectivity index (χ0) is 18.6. The van der Waals surface area contributed by atoms with Crippen LogP contribution in [0, 0.1) is 11.8 Å². The van der Waals surface area contributed by atoms with Crippen molar-refractivity contribution >= 4 is 0 Å². The number of aromatic nitrogens is 2. The van der Waals surface area contributed by atoms with Gasteiger partial charge in [-0.25, -0.2) is 4.98 Å². The zero-order valence-electron chi connectivity index (χ0n) is 16.3.